The van der Waals surface area contributed by atoms with E-state index in [0.29, 0.717) is 0 Å². The third-order valence-corrected chi connectivity index (χ3v) is 5.29. The number of rotatable bonds is 8. The van der Waals surface area contributed by atoms with E-state index < -0.39 is 17.8 Å². The maximum atomic E-state index is 13.8. The SMILES string of the molecule is Cl.O=C(Nc1cccn2c(CN(CCO)CCO)c(C(F)(F)F)nc12)c1c(Cl)cccc1Cl. The largest absolute Gasteiger partial charge is 0.435 e. The average molecular weight is 528 g/mol. The molecule has 3 rings (SSSR count). The summed E-state index contributed by atoms with van der Waals surface area (Å²) < 4.78 is 42.5. The molecule has 0 fully saturated rings. The van der Waals surface area contributed by atoms with E-state index in [-0.39, 0.29) is 77.9 Å². The highest BCUT2D eigenvalue weighted by Gasteiger charge is 2.38. The second-order valence-corrected chi connectivity index (χ2v) is 7.61. The summed E-state index contributed by atoms with van der Waals surface area (Å²) in [5.41, 5.74) is -1.43. The zero-order chi connectivity index (χ0) is 23.5. The van der Waals surface area contributed by atoms with Crippen LogP contribution in [0.4, 0.5) is 18.9 Å². The summed E-state index contributed by atoms with van der Waals surface area (Å²) >= 11 is 12.1. The van der Waals surface area contributed by atoms with Gasteiger partial charge in [0, 0.05) is 25.8 Å². The molecule has 7 nitrogen and oxygen atoms in total. The molecule has 0 aliphatic heterocycles. The Morgan fingerprint density at radius 1 is 1.09 bits per heavy atom. The molecule has 2 heterocycles. The lowest BCUT2D eigenvalue weighted by Gasteiger charge is -2.21. The van der Waals surface area contributed by atoms with Gasteiger partial charge in [0.25, 0.3) is 5.91 Å². The Morgan fingerprint density at radius 3 is 2.24 bits per heavy atom. The standard InChI is InChI=1S/C20H19Cl2F3N4O3.ClH/c21-12-3-1-4-13(22)16(12)19(32)26-14-5-2-6-29-15(11-28(7-9-30)8-10-31)17(20(23,24)25)27-18(14)29;/h1-6,30-31H,7-11H2,(H,26,32);1H. The molecule has 0 radical (unpaired) electrons. The van der Waals surface area contributed by atoms with Gasteiger partial charge in [0.05, 0.1) is 40.2 Å². The lowest BCUT2D eigenvalue weighted by atomic mass is 10.2. The highest BCUT2D eigenvalue weighted by Crippen LogP contribution is 2.34. The van der Waals surface area contributed by atoms with Crippen molar-refractivity contribution in [1.82, 2.24) is 14.3 Å². The predicted octanol–water partition coefficient (Wildman–Crippen LogP) is 4.12. The molecular weight excluding hydrogens is 508 g/mol. The van der Waals surface area contributed by atoms with Crippen molar-refractivity contribution >= 4 is 52.9 Å². The molecule has 0 saturated heterocycles. The summed E-state index contributed by atoms with van der Waals surface area (Å²) in [5, 5.41) is 21.1. The van der Waals surface area contributed by atoms with E-state index in [1.807, 2.05) is 0 Å². The maximum Gasteiger partial charge on any atom is 0.435 e. The molecule has 0 bridgehead atoms. The molecular formula is C20H20Cl3F3N4O3. The summed E-state index contributed by atoms with van der Waals surface area (Å²) in [5.74, 6) is -0.700. The van der Waals surface area contributed by atoms with E-state index >= 15 is 0 Å². The normalized spacial score (nSPS) is 11.6. The zero-order valence-electron chi connectivity index (χ0n) is 16.9. The number of fused-ring (bicyclic) bond motifs is 1. The second kappa shape index (κ2) is 11.4. The van der Waals surface area contributed by atoms with Crippen molar-refractivity contribution in [3.05, 3.63) is 63.5 Å². The molecule has 0 spiro atoms. The summed E-state index contributed by atoms with van der Waals surface area (Å²) in [4.78, 5) is 18.0. The first-order valence-corrected chi connectivity index (χ1v) is 10.2. The van der Waals surface area contributed by atoms with Crippen molar-refractivity contribution in [2.45, 2.75) is 12.7 Å². The highest BCUT2D eigenvalue weighted by molar-refractivity contribution is 6.40. The fourth-order valence-corrected chi connectivity index (χ4v) is 3.83. The van der Waals surface area contributed by atoms with Gasteiger partial charge < -0.3 is 19.9 Å². The Bertz CT molecular complexity index is 1100. The van der Waals surface area contributed by atoms with Crippen molar-refractivity contribution in [3.63, 3.8) is 0 Å². The minimum atomic E-state index is -4.77. The van der Waals surface area contributed by atoms with E-state index in [1.165, 1.54) is 39.8 Å². The monoisotopic (exact) mass is 526 g/mol. The molecule has 180 valence electrons. The van der Waals surface area contributed by atoms with Crippen LogP contribution in [-0.2, 0) is 12.7 Å². The molecule has 1 amide bonds. The Labute approximate surface area is 203 Å². The van der Waals surface area contributed by atoms with E-state index in [0.717, 1.165) is 0 Å². The number of aliphatic hydroxyl groups excluding tert-OH is 2. The first-order valence-electron chi connectivity index (χ1n) is 9.44. The van der Waals surface area contributed by atoms with Gasteiger partial charge in [-0.2, -0.15) is 13.2 Å². The minimum Gasteiger partial charge on any atom is -0.395 e. The van der Waals surface area contributed by atoms with E-state index in [1.54, 1.807) is 6.07 Å². The van der Waals surface area contributed by atoms with Crippen LogP contribution in [0.25, 0.3) is 5.65 Å². The van der Waals surface area contributed by atoms with Crippen LogP contribution in [0.15, 0.2) is 36.5 Å². The van der Waals surface area contributed by atoms with Crippen LogP contribution >= 0.6 is 35.6 Å². The second-order valence-electron chi connectivity index (χ2n) is 6.79. The third-order valence-electron chi connectivity index (χ3n) is 4.66. The number of aromatic nitrogens is 2. The smallest absolute Gasteiger partial charge is 0.395 e. The maximum absolute atomic E-state index is 13.8. The topological polar surface area (TPSA) is 90.1 Å². The van der Waals surface area contributed by atoms with Crippen molar-refractivity contribution in [3.8, 4) is 0 Å². The molecule has 33 heavy (non-hydrogen) atoms. The summed E-state index contributed by atoms with van der Waals surface area (Å²) in [7, 11) is 0. The van der Waals surface area contributed by atoms with Gasteiger partial charge in [0.2, 0.25) is 0 Å². The van der Waals surface area contributed by atoms with Crippen LogP contribution in [0, 0.1) is 0 Å². The molecule has 0 atom stereocenters. The van der Waals surface area contributed by atoms with Gasteiger partial charge >= 0.3 is 6.18 Å². The van der Waals surface area contributed by atoms with Gasteiger partial charge in [-0.15, -0.1) is 12.4 Å². The number of hydrogen-bond donors (Lipinski definition) is 3. The number of carbonyl (C=O) groups excluding carboxylic acids is 1. The Balaban J connectivity index is 0.00000385. The van der Waals surface area contributed by atoms with E-state index in [4.69, 9.17) is 23.2 Å². The predicted molar refractivity (Wildman–Crippen MR) is 121 cm³/mol. The molecule has 3 N–H and O–H groups in total. The molecule has 3 aromatic rings. The minimum absolute atomic E-state index is 0. The van der Waals surface area contributed by atoms with Crippen LogP contribution in [0.5, 0.6) is 0 Å². The number of nitrogens with zero attached hydrogens (tertiary/aromatic N) is 3. The van der Waals surface area contributed by atoms with Crippen LogP contribution in [0.2, 0.25) is 10.0 Å². The molecule has 2 aromatic heterocycles. The quantitative estimate of drug-likeness (QED) is 0.410. The number of nitrogens with one attached hydrogen (secondary N) is 1. The van der Waals surface area contributed by atoms with Crippen LogP contribution in [-0.4, -0.2) is 56.7 Å². The van der Waals surface area contributed by atoms with E-state index in [9.17, 15) is 28.2 Å². The number of imidazole rings is 1. The molecule has 1 aromatic carbocycles. The molecule has 0 aliphatic carbocycles. The number of amides is 1. The molecule has 13 heteroatoms. The number of anilines is 1. The van der Waals surface area contributed by atoms with Crippen LogP contribution < -0.4 is 5.32 Å². The summed E-state index contributed by atoms with van der Waals surface area (Å²) in [6, 6.07) is 7.37. The van der Waals surface area contributed by atoms with Gasteiger partial charge in [0.15, 0.2) is 11.3 Å². The summed E-state index contributed by atoms with van der Waals surface area (Å²) in [6.07, 6.45) is -3.38. The number of carbonyl (C=O) groups is 1. The summed E-state index contributed by atoms with van der Waals surface area (Å²) in [6.45, 7) is -0.695. The Hall–Kier alpha value is -2.08. The molecule has 0 unspecified atom stereocenters. The lowest BCUT2D eigenvalue weighted by molar-refractivity contribution is -0.141. The van der Waals surface area contributed by atoms with Gasteiger partial charge in [-0.1, -0.05) is 29.3 Å². The Morgan fingerprint density at radius 2 is 1.70 bits per heavy atom. The number of alkyl halides is 3. The first-order chi connectivity index (χ1) is 15.2. The molecule has 0 aliphatic rings. The Kier molecular flexibility index (Phi) is 9.36. The number of benzene rings is 1. The lowest BCUT2D eigenvalue weighted by Crippen LogP contribution is -2.30. The van der Waals surface area contributed by atoms with Crippen molar-refractivity contribution in [1.29, 1.82) is 0 Å². The zero-order valence-corrected chi connectivity index (χ0v) is 19.3. The van der Waals surface area contributed by atoms with Crippen LogP contribution in [0.3, 0.4) is 0 Å². The van der Waals surface area contributed by atoms with Gasteiger partial charge in [-0.05, 0) is 24.3 Å². The highest BCUT2D eigenvalue weighted by atomic mass is 35.5. The third kappa shape index (κ3) is 6.08. The fraction of sp³-hybridized carbons (Fsp3) is 0.300. The van der Waals surface area contributed by atoms with Gasteiger partial charge in [0.1, 0.15) is 0 Å². The number of hydrogen-bond acceptors (Lipinski definition) is 5. The van der Waals surface area contributed by atoms with Gasteiger partial charge in [-0.25, -0.2) is 4.98 Å². The average Bonchev–Trinajstić information content (AvgIpc) is 3.08. The fourth-order valence-electron chi connectivity index (χ4n) is 3.26. The first kappa shape index (κ1) is 27.2. The van der Waals surface area contributed by atoms with E-state index in [2.05, 4.69) is 10.3 Å². The van der Waals surface area contributed by atoms with Crippen molar-refractivity contribution in [2.24, 2.45) is 0 Å². The molecule has 0 saturated carbocycles. The number of halogens is 6. The number of pyridine rings is 1. The van der Waals surface area contributed by atoms with Crippen molar-refractivity contribution < 1.29 is 28.2 Å². The number of aliphatic hydroxyl groups is 2. The van der Waals surface area contributed by atoms with Crippen LogP contribution in [0.1, 0.15) is 21.7 Å². The van der Waals surface area contributed by atoms with Gasteiger partial charge in [-0.3, -0.25) is 9.69 Å². The van der Waals surface area contributed by atoms with Crippen molar-refractivity contribution in [2.75, 3.05) is 31.6 Å².